The lowest BCUT2D eigenvalue weighted by Crippen LogP contribution is -2.40. The Bertz CT molecular complexity index is 1530. The number of hydrogen-bond acceptors (Lipinski definition) is 9. The van der Waals surface area contributed by atoms with E-state index in [9.17, 15) is 24.3 Å². The van der Waals surface area contributed by atoms with E-state index in [0.717, 1.165) is 0 Å². The maximum atomic E-state index is 13.2. The third-order valence-electron chi connectivity index (χ3n) is 8.94. The molecule has 0 fully saturated rings. The summed E-state index contributed by atoms with van der Waals surface area (Å²) in [6, 6.07) is 0. The van der Waals surface area contributed by atoms with Crippen LogP contribution in [0.2, 0.25) is 0 Å². The van der Waals surface area contributed by atoms with Gasteiger partial charge in [-0.1, -0.05) is 47.6 Å². The number of hydrogen-bond donors (Lipinski definition) is 1. The Kier molecular flexibility index (Phi) is 13.2. The maximum absolute atomic E-state index is 13.2. The van der Waals surface area contributed by atoms with Gasteiger partial charge in [0.1, 0.15) is 35.2 Å². The molecule has 0 radical (unpaired) electrons. The fraction of sp³-hybridized carbons (Fsp3) is 0.611. The minimum atomic E-state index is -0.822. The molecule has 0 aliphatic rings. The number of carbonyl (C=O) groups excluding carboxylic acids is 2. The molecule has 0 aromatic carbocycles. The summed E-state index contributed by atoms with van der Waals surface area (Å²) in [6.45, 7) is 22.4. The van der Waals surface area contributed by atoms with E-state index in [0.29, 0.717) is 63.7 Å². The Morgan fingerprint density at radius 2 is 1.24 bits per heavy atom. The summed E-state index contributed by atoms with van der Waals surface area (Å²) in [6.07, 6.45) is 0.602. The predicted octanol–water partition coefficient (Wildman–Crippen LogP) is 6.62. The van der Waals surface area contributed by atoms with Crippen molar-refractivity contribution in [1.82, 2.24) is 0 Å². The topological polar surface area (TPSA) is 133 Å². The number of ether oxygens (including phenoxy) is 2. The fourth-order valence-corrected chi connectivity index (χ4v) is 6.29. The molecule has 2 aromatic rings. The molecule has 0 aliphatic carbocycles. The van der Waals surface area contributed by atoms with Gasteiger partial charge in [0, 0.05) is 60.3 Å². The van der Waals surface area contributed by atoms with Crippen LogP contribution in [0.3, 0.4) is 0 Å². The van der Waals surface area contributed by atoms with E-state index in [2.05, 4.69) is 0 Å². The van der Waals surface area contributed by atoms with Crippen molar-refractivity contribution in [1.29, 1.82) is 0 Å². The molecule has 2 aromatic heterocycles. The van der Waals surface area contributed by atoms with Crippen molar-refractivity contribution >= 4 is 11.9 Å². The van der Waals surface area contributed by atoms with E-state index in [-0.39, 0.29) is 16.8 Å². The van der Waals surface area contributed by atoms with Crippen LogP contribution in [0.25, 0.3) is 0 Å². The summed E-state index contributed by atoms with van der Waals surface area (Å²) in [7, 11) is 0. The summed E-state index contributed by atoms with van der Waals surface area (Å²) < 4.78 is 24.2. The number of aryl methyl sites for hydroxylation is 1. The number of esters is 2. The van der Waals surface area contributed by atoms with Gasteiger partial charge in [-0.15, -0.1) is 0 Å². The standard InChI is InChI=1S/C36H52O9/c1-14-28(39)19(5)34-23(9)31(41)21(7)32(45-34)17(3)16-18(4)33(42-26(12)37)24(10)36(43-27(13)38)25(11)35-22(8)30(40)20(6)29(15-2)44-35/h16-17,19,24-25,28,33,36,39H,14-15H2,1-13H3/b18-16+/t17-,19-,24-,25-,28-,33-,36+/m0/s1. The van der Waals surface area contributed by atoms with E-state index in [1.165, 1.54) is 13.8 Å². The number of rotatable bonds is 13. The molecule has 2 rings (SSSR count). The number of aliphatic hydroxyl groups excluding tert-OH is 1. The van der Waals surface area contributed by atoms with Gasteiger partial charge >= 0.3 is 11.9 Å². The number of carbonyl (C=O) groups is 2. The molecular formula is C36H52O9. The number of allylic oxidation sites excluding steroid dienone is 1. The molecule has 7 atom stereocenters. The van der Waals surface area contributed by atoms with Crippen LogP contribution in [-0.4, -0.2) is 35.4 Å². The summed E-state index contributed by atoms with van der Waals surface area (Å²) >= 11 is 0. The summed E-state index contributed by atoms with van der Waals surface area (Å²) in [5, 5.41) is 10.5. The van der Waals surface area contributed by atoms with Gasteiger partial charge < -0.3 is 23.4 Å². The van der Waals surface area contributed by atoms with Crippen LogP contribution in [0.4, 0.5) is 0 Å². The second-order valence-corrected chi connectivity index (χ2v) is 12.4. The van der Waals surface area contributed by atoms with Gasteiger partial charge in [0.2, 0.25) is 0 Å². The fourth-order valence-electron chi connectivity index (χ4n) is 6.29. The molecule has 0 saturated heterocycles. The Morgan fingerprint density at radius 1 is 0.756 bits per heavy atom. The maximum Gasteiger partial charge on any atom is 0.303 e. The van der Waals surface area contributed by atoms with Crippen LogP contribution in [0.1, 0.15) is 132 Å². The number of aliphatic hydroxyl groups is 1. The second-order valence-electron chi connectivity index (χ2n) is 12.4. The predicted molar refractivity (Wildman–Crippen MR) is 174 cm³/mol. The smallest absolute Gasteiger partial charge is 0.303 e. The van der Waals surface area contributed by atoms with Crippen LogP contribution >= 0.6 is 0 Å². The lowest BCUT2D eigenvalue weighted by molar-refractivity contribution is -0.157. The van der Waals surface area contributed by atoms with Gasteiger partial charge in [-0.25, -0.2) is 0 Å². The first kappa shape index (κ1) is 37.7. The van der Waals surface area contributed by atoms with Gasteiger partial charge in [0.05, 0.1) is 12.0 Å². The first-order chi connectivity index (χ1) is 20.9. The zero-order valence-electron chi connectivity index (χ0n) is 29.2. The molecule has 250 valence electrons. The van der Waals surface area contributed by atoms with Gasteiger partial charge in [0.25, 0.3) is 0 Å². The third-order valence-corrected chi connectivity index (χ3v) is 8.94. The summed E-state index contributed by atoms with van der Waals surface area (Å²) in [5.41, 5.74) is 2.32. The van der Waals surface area contributed by atoms with Crippen LogP contribution in [0.5, 0.6) is 0 Å². The molecule has 9 nitrogen and oxygen atoms in total. The lowest BCUT2D eigenvalue weighted by atomic mass is 9.83. The summed E-state index contributed by atoms with van der Waals surface area (Å²) in [5.74, 6) is -1.03. The zero-order valence-corrected chi connectivity index (χ0v) is 29.2. The first-order valence-electron chi connectivity index (χ1n) is 15.9. The first-order valence-corrected chi connectivity index (χ1v) is 15.9. The molecule has 0 aliphatic heterocycles. The average molecular weight is 629 g/mol. The molecule has 0 bridgehead atoms. The average Bonchev–Trinajstić information content (AvgIpc) is 2.98. The molecule has 45 heavy (non-hydrogen) atoms. The van der Waals surface area contributed by atoms with Crippen molar-refractivity contribution in [2.45, 2.75) is 139 Å². The molecule has 0 saturated carbocycles. The Hall–Kier alpha value is -3.46. The molecule has 0 unspecified atom stereocenters. The Labute approximate surface area is 267 Å². The monoisotopic (exact) mass is 628 g/mol. The highest BCUT2D eigenvalue weighted by Crippen LogP contribution is 2.35. The van der Waals surface area contributed by atoms with E-state index in [4.69, 9.17) is 18.3 Å². The SMILES string of the molecule is CCc1oc([C@H](C)[C@H](OC(C)=O)[C@@H](C)[C@@H](OC(C)=O)/C(C)=C/[C@H](C)c2oc([C@@H](C)[C@@H](O)CC)c(C)c(=O)c2C)c(C)c(=O)c1C. The third kappa shape index (κ3) is 8.43. The van der Waals surface area contributed by atoms with Crippen molar-refractivity contribution in [2.24, 2.45) is 5.92 Å². The highest BCUT2D eigenvalue weighted by atomic mass is 16.6. The van der Waals surface area contributed by atoms with E-state index in [1.807, 2.05) is 54.5 Å². The van der Waals surface area contributed by atoms with Crippen molar-refractivity contribution < 1.29 is 33.0 Å². The van der Waals surface area contributed by atoms with Crippen molar-refractivity contribution in [2.75, 3.05) is 0 Å². The highest BCUT2D eigenvalue weighted by Gasteiger charge is 2.38. The van der Waals surface area contributed by atoms with Crippen molar-refractivity contribution in [3.05, 3.63) is 77.4 Å². The molecule has 9 heteroatoms. The molecule has 0 spiro atoms. The van der Waals surface area contributed by atoms with Gasteiger partial charge in [-0.3, -0.25) is 19.2 Å². The normalized spacial score (nSPS) is 16.7. The van der Waals surface area contributed by atoms with E-state index < -0.39 is 48.0 Å². The molecule has 2 heterocycles. The molecule has 1 N–H and O–H groups in total. The van der Waals surface area contributed by atoms with Crippen LogP contribution in [0.15, 0.2) is 30.1 Å². The van der Waals surface area contributed by atoms with Crippen LogP contribution < -0.4 is 10.9 Å². The van der Waals surface area contributed by atoms with Crippen molar-refractivity contribution in [3.63, 3.8) is 0 Å². The van der Waals surface area contributed by atoms with E-state index >= 15 is 0 Å². The van der Waals surface area contributed by atoms with Gasteiger partial charge in [-0.05, 0) is 46.6 Å². The summed E-state index contributed by atoms with van der Waals surface area (Å²) in [4.78, 5) is 51.0. The Balaban J connectivity index is 2.65. The quantitative estimate of drug-likeness (QED) is 0.192. The van der Waals surface area contributed by atoms with Crippen LogP contribution in [-0.2, 0) is 25.5 Å². The van der Waals surface area contributed by atoms with Gasteiger partial charge in [0.15, 0.2) is 10.9 Å². The van der Waals surface area contributed by atoms with Crippen LogP contribution in [0, 0.1) is 33.6 Å². The minimum absolute atomic E-state index is 0.120. The van der Waals surface area contributed by atoms with Gasteiger partial charge in [-0.2, -0.15) is 0 Å². The molecular weight excluding hydrogens is 576 g/mol. The lowest BCUT2D eigenvalue weighted by Gasteiger charge is -2.34. The van der Waals surface area contributed by atoms with Crippen molar-refractivity contribution in [3.8, 4) is 0 Å². The largest absolute Gasteiger partial charge is 0.465 e. The zero-order chi connectivity index (χ0) is 34.5. The van der Waals surface area contributed by atoms with E-state index in [1.54, 1.807) is 27.7 Å². The Morgan fingerprint density at radius 3 is 1.73 bits per heavy atom. The molecule has 0 amide bonds. The minimum Gasteiger partial charge on any atom is -0.465 e. The highest BCUT2D eigenvalue weighted by molar-refractivity contribution is 5.67. The second kappa shape index (κ2) is 15.7.